The highest BCUT2D eigenvalue weighted by molar-refractivity contribution is 9.10. The van der Waals surface area contributed by atoms with Crippen molar-refractivity contribution in [1.82, 2.24) is 5.32 Å². The lowest BCUT2D eigenvalue weighted by Gasteiger charge is -2.27. The molecular weight excluding hydrogens is 242 g/mol. The second kappa shape index (κ2) is 4.71. The van der Waals surface area contributed by atoms with Crippen LogP contribution < -0.4 is 5.32 Å². The van der Waals surface area contributed by atoms with Crippen LogP contribution >= 0.6 is 15.9 Å². The second-order valence-electron chi connectivity index (χ2n) is 3.46. The van der Waals surface area contributed by atoms with Gasteiger partial charge in [-0.3, -0.25) is 0 Å². The van der Waals surface area contributed by atoms with Crippen LogP contribution in [0.1, 0.15) is 18.9 Å². The smallest absolute Gasteiger partial charge is 0.122 e. The van der Waals surface area contributed by atoms with E-state index < -0.39 is 0 Å². The van der Waals surface area contributed by atoms with Crippen LogP contribution in [0.15, 0.2) is 28.7 Å². The van der Waals surface area contributed by atoms with E-state index >= 15 is 0 Å². The molecule has 0 fully saturated rings. The molecule has 0 aliphatic heterocycles. The maximum absolute atomic E-state index is 10.6. The van der Waals surface area contributed by atoms with Crippen LogP contribution in [0, 0.1) is 0 Å². The minimum atomic E-state index is -0.272. The third-order valence-electron chi connectivity index (χ3n) is 2.51. The van der Waals surface area contributed by atoms with Crippen LogP contribution in [0.4, 0.5) is 0 Å². The second-order valence-corrected chi connectivity index (χ2v) is 4.38. The van der Waals surface area contributed by atoms with Gasteiger partial charge in [0.15, 0.2) is 0 Å². The highest BCUT2D eigenvalue weighted by Gasteiger charge is 2.23. The summed E-state index contributed by atoms with van der Waals surface area (Å²) < 4.78 is 1.03. The molecule has 0 saturated heterocycles. The topological polar surface area (TPSA) is 29.1 Å². The fourth-order valence-electron chi connectivity index (χ4n) is 1.36. The summed E-state index contributed by atoms with van der Waals surface area (Å²) in [7, 11) is 1.87. The first-order valence-corrected chi connectivity index (χ1v) is 5.30. The minimum Gasteiger partial charge on any atom is -0.310 e. The van der Waals surface area contributed by atoms with Crippen molar-refractivity contribution in [1.29, 1.82) is 0 Å². The largest absolute Gasteiger partial charge is 0.310 e. The normalized spacial score (nSPS) is 14.8. The number of hydrogen-bond acceptors (Lipinski definition) is 2. The number of halogens is 1. The summed E-state index contributed by atoms with van der Waals surface area (Å²) in [6, 6.07) is 7.99. The molecule has 0 saturated carbocycles. The monoisotopic (exact) mass is 255 g/mol. The van der Waals surface area contributed by atoms with Crippen LogP contribution in [0.2, 0.25) is 0 Å². The first-order valence-electron chi connectivity index (χ1n) is 4.51. The molecule has 14 heavy (non-hydrogen) atoms. The highest BCUT2D eigenvalue weighted by atomic mass is 79.9. The molecule has 3 heteroatoms. The molecule has 0 radical (unpaired) electrons. The lowest BCUT2D eigenvalue weighted by atomic mass is 9.89. The third-order valence-corrected chi connectivity index (χ3v) is 3.00. The standard InChI is InChI=1S/C11H14BrNO/c1-11(13-2,6-7-14)9-4-3-5-10(12)8-9/h3-5,7-8,13H,6H2,1-2H3/t11-/m0/s1. The molecule has 1 rings (SSSR count). The van der Waals surface area contributed by atoms with Crippen LogP contribution in [0.3, 0.4) is 0 Å². The SMILES string of the molecule is CN[C@@](C)(CC=O)c1cccc(Br)c1. The van der Waals surface area contributed by atoms with E-state index in [2.05, 4.69) is 21.2 Å². The number of benzene rings is 1. The van der Waals surface area contributed by atoms with Crippen molar-refractivity contribution in [2.75, 3.05) is 7.05 Å². The molecule has 76 valence electrons. The fourth-order valence-corrected chi connectivity index (χ4v) is 1.76. The molecule has 0 heterocycles. The summed E-state index contributed by atoms with van der Waals surface area (Å²) in [6.45, 7) is 2.02. The zero-order chi connectivity index (χ0) is 10.6. The summed E-state index contributed by atoms with van der Waals surface area (Å²) in [5.74, 6) is 0. The Bertz CT molecular complexity index is 327. The number of rotatable bonds is 4. The van der Waals surface area contributed by atoms with Gasteiger partial charge < -0.3 is 10.1 Å². The lowest BCUT2D eigenvalue weighted by Crippen LogP contribution is -2.37. The Hall–Kier alpha value is -0.670. The summed E-state index contributed by atoms with van der Waals surface area (Å²) in [6.07, 6.45) is 1.41. The van der Waals surface area contributed by atoms with Crippen LogP contribution in [0.25, 0.3) is 0 Å². The first-order chi connectivity index (χ1) is 6.62. The molecule has 0 unspecified atom stereocenters. The van der Waals surface area contributed by atoms with Gasteiger partial charge in [0.25, 0.3) is 0 Å². The van der Waals surface area contributed by atoms with Crippen molar-refractivity contribution >= 4 is 22.2 Å². The number of carbonyl (C=O) groups is 1. The van der Waals surface area contributed by atoms with Gasteiger partial charge in [-0.05, 0) is 31.7 Å². The molecule has 0 aliphatic carbocycles. The Labute approximate surface area is 92.8 Å². The molecule has 0 spiro atoms. The zero-order valence-electron chi connectivity index (χ0n) is 8.38. The number of nitrogens with one attached hydrogen (secondary N) is 1. The van der Waals surface area contributed by atoms with E-state index in [9.17, 15) is 4.79 Å². The minimum absolute atomic E-state index is 0.272. The van der Waals surface area contributed by atoms with E-state index in [4.69, 9.17) is 0 Å². The number of carbonyl (C=O) groups excluding carboxylic acids is 1. The van der Waals surface area contributed by atoms with Crippen LogP contribution in [-0.4, -0.2) is 13.3 Å². The maximum Gasteiger partial charge on any atom is 0.122 e. The van der Waals surface area contributed by atoms with Gasteiger partial charge in [-0.25, -0.2) is 0 Å². The van der Waals surface area contributed by atoms with Crippen molar-refractivity contribution in [2.45, 2.75) is 18.9 Å². The Morgan fingerprint density at radius 1 is 1.57 bits per heavy atom. The Morgan fingerprint density at radius 3 is 2.79 bits per heavy atom. The van der Waals surface area contributed by atoms with Gasteiger partial charge in [0.1, 0.15) is 6.29 Å². The molecule has 1 atom stereocenters. The average Bonchev–Trinajstić information content (AvgIpc) is 2.18. The summed E-state index contributed by atoms with van der Waals surface area (Å²) in [4.78, 5) is 10.6. The summed E-state index contributed by atoms with van der Waals surface area (Å²) in [5.41, 5.74) is 0.840. The van der Waals surface area contributed by atoms with Crippen molar-refractivity contribution in [2.24, 2.45) is 0 Å². The molecular formula is C11H14BrNO. The predicted molar refractivity (Wildman–Crippen MR) is 61.2 cm³/mol. The summed E-state index contributed by atoms with van der Waals surface area (Å²) in [5, 5.41) is 3.17. The molecule has 0 bridgehead atoms. The van der Waals surface area contributed by atoms with Gasteiger partial charge in [0.05, 0.1) is 0 Å². The number of aldehydes is 1. The molecule has 0 aromatic heterocycles. The quantitative estimate of drug-likeness (QED) is 0.838. The Morgan fingerprint density at radius 2 is 2.29 bits per heavy atom. The molecule has 2 nitrogen and oxygen atoms in total. The Balaban J connectivity index is 3.05. The maximum atomic E-state index is 10.6. The van der Waals surface area contributed by atoms with Crippen molar-refractivity contribution in [3.05, 3.63) is 34.3 Å². The van der Waals surface area contributed by atoms with Gasteiger partial charge in [-0.15, -0.1) is 0 Å². The molecule has 0 aliphatic rings. The van der Waals surface area contributed by atoms with E-state index in [-0.39, 0.29) is 5.54 Å². The first kappa shape index (κ1) is 11.4. The Kier molecular flexibility index (Phi) is 3.84. The van der Waals surface area contributed by atoms with Crippen LogP contribution in [0.5, 0.6) is 0 Å². The van der Waals surface area contributed by atoms with Gasteiger partial charge in [-0.2, -0.15) is 0 Å². The van der Waals surface area contributed by atoms with E-state index in [1.54, 1.807) is 0 Å². The van der Waals surface area contributed by atoms with E-state index in [1.165, 1.54) is 0 Å². The number of hydrogen-bond donors (Lipinski definition) is 1. The van der Waals surface area contributed by atoms with Gasteiger partial charge >= 0.3 is 0 Å². The van der Waals surface area contributed by atoms with E-state index in [0.29, 0.717) is 6.42 Å². The van der Waals surface area contributed by atoms with Gasteiger partial charge in [-0.1, -0.05) is 28.1 Å². The van der Waals surface area contributed by atoms with Gasteiger partial charge in [0, 0.05) is 16.4 Å². The van der Waals surface area contributed by atoms with Crippen molar-refractivity contribution < 1.29 is 4.79 Å². The average molecular weight is 256 g/mol. The lowest BCUT2D eigenvalue weighted by molar-refractivity contribution is -0.109. The van der Waals surface area contributed by atoms with E-state index in [0.717, 1.165) is 16.3 Å². The molecule has 1 aromatic rings. The predicted octanol–water partition coefficient (Wildman–Crippen LogP) is 2.47. The molecule has 1 aromatic carbocycles. The zero-order valence-corrected chi connectivity index (χ0v) is 9.97. The fraction of sp³-hybridized carbons (Fsp3) is 0.364. The van der Waals surface area contributed by atoms with Gasteiger partial charge in [0.2, 0.25) is 0 Å². The molecule has 1 N–H and O–H groups in total. The van der Waals surface area contributed by atoms with Crippen molar-refractivity contribution in [3.63, 3.8) is 0 Å². The van der Waals surface area contributed by atoms with Crippen LogP contribution in [-0.2, 0) is 10.3 Å². The van der Waals surface area contributed by atoms with Crippen molar-refractivity contribution in [3.8, 4) is 0 Å². The molecule has 0 amide bonds. The van der Waals surface area contributed by atoms with E-state index in [1.807, 2.05) is 38.2 Å². The highest BCUT2D eigenvalue weighted by Crippen LogP contribution is 2.25. The third kappa shape index (κ3) is 2.42. The summed E-state index contributed by atoms with van der Waals surface area (Å²) >= 11 is 3.42.